The Balaban J connectivity index is 1.63. The highest BCUT2D eigenvalue weighted by molar-refractivity contribution is 5.01. The third-order valence-electron chi connectivity index (χ3n) is 5.73. The second kappa shape index (κ2) is 4.24. The minimum atomic E-state index is -0.350. The summed E-state index contributed by atoms with van der Waals surface area (Å²) in [6, 6.07) is 0.823. The molecule has 0 aromatic rings. The predicted molar refractivity (Wildman–Crippen MR) is 69.8 cm³/mol. The monoisotopic (exact) mass is 237 g/mol. The van der Waals surface area contributed by atoms with Gasteiger partial charge in [0.15, 0.2) is 0 Å². The average Bonchev–Trinajstić information content (AvgIpc) is 3.07. The second-order valence-corrected chi connectivity index (χ2v) is 7.02. The molecule has 2 heteroatoms. The van der Waals surface area contributed by atoms with Gasteiger partial charge in [-0.15, -0.1) is 0 Å². The minimum Gasteiger partial charge on any atom is -0.388 e. The lowest BCUT2D eigenvalue weighted by Crippen LogP contribution is -2.44. The zero-order valence-corrected chi connectivity index (χ0v) is 11.4. The van der Waals surface area contributed by atoms with E-state index < -0.39 is 0 Å². The maximum absolute atomic E-state index is 10.9. The van der Waals surface area contributed by atoms with Crippen molar-refractivity contribution in [2.45, 2.75) is 64.0 Å². The summed E-state index contributed by atoms with van der Waals surface area (Å²) in [6.45, 7) is 6.84. The number of β-amino-alcohol motifs (C(OH)–C–C–N with tert-alkyl or cyclic N) is 1. The van der Waals surface area contributed by atoms with E-state index in [4.69, 9.17) is 0 Å². The maximum Gasteiger partial charge on any atom is 0.0814 e. The van der Waals surface area contributed by atoms with Gasteiger partial charge in [-0.1, -0.05) is 20.3 Å². The Morgan fingerprint density at radius 2 is 1.82 bits per heavy atom. The number of rotatable bonds is 2. The molecule has 3 aliphatic rings. The maximum atomic E-state index is 10.9. The number of aliphatic hydroxyl groups is 1. The van der Waals surface area contributed by atoms with Gasteiger partial charge < -0.3 is 5.11 Å². The Morgan fingerprint density at radius 1 is 1.06 bits per heavy atom. The minimum absolute atomic E-state index is 0.350. The Bertz CT molecular complexity index is 289. The summed E-state index contributed by atoms with van der Waals surface area (Å²) in [7, 11) is 0. The van der Waals surface area contributed by atoms with Crippen molar-refractivity contribution in [3.63, 3.8) is 0 Å². The summed E-state index contributed by atoms with van der Waals surface area (Å²) < 4.78 is 0. The molecule has 17 heavy (non-hydrogen) atoms. The van der Waals surface area contributed by atoms with Crippen LogP contribution in [0.1, 0.15) is 52.4 Å². The van der Waals surface area contributed by atoms with Gasteiger partial charge in [0, 0.05) is 19.1 Å². The van der Waals surface area contributed by atoms with Crippen LogP contribution >= 0.6 is 0 Å². The van der Waals surface area contributed by atoms with E-state index in [9.17, 15) is 5.11 Å². The number of nitrogens with zero attached hydrogens (tertiary/aromatic N) is 1. The molecule has 2 saturated carbocycles. The molecule has 0 aromatic heterocycles. The van der Waals surface area contributed by atoms with Crippen molar-refractivity contribution in [3.8, 4) is 0 Å². The van der Waals surface area contributed by atoms with Crippen LogP contribution in [-0.2, 0) is 0 Å². The molecule has 1 N–H and O–H groups in total. The van der Waals surface area contributed by atoms with E-state index in [2.05, 4.69) is 18.7 Å². The van der Waals surface area contributed by atoms with E-state index in [1.54, 1.807) is 0 Å². The summed E-state index contributed by atoms with van der Waals surface area (Å²) in [6.07, 6.45) is 7.58. The number of hydrogen-bond donors (Lipinski definition) is 1. The predicted octanol–water partition coefficient (Wildman–Crippen LogP) is 2.66. The third-order valence-corrected chi connectivity index (χ3v) is 5.73. The molecular weight excluding hydrogens is 210 g/mol. The van der Waals surface area contributed by atoms with Crippen LogP contribution in [0.3, 0.4) is 0 Å². The van der Waals surface area contributed by atoms with Gasteiger partial charge in [-0.05, 0) is 49.9 Å². The van der Waals surface area contributed by atoms with Crippen LogP contribution in [0.5, 0.6) is 0 Å². The number of likely N-dealkylation sites (tertiary alicyclic amines) is 1. The molecule has 2 aliphatic carbocycles. The fourth-order valence-corrected chi connectivity index (χ4v) is 3.97. The van der Waals surface area contributed by atoms with Gasteiger partial charge in [-0.2, -0.15) is 0 Å². The average molecular weight is 237 g/mol. The van der Waals surface area contributed by atoms with Crippen molar-refractivity contribution in [1.29, 1.82) is 0 Å². The lowest BCUT2D eigenvalue weighted by Gasteiger charge is -2.40. The lowest BCUT2D eigenvalue weighted by atomic mass is 9.69. The van der Waals surface area contributed by atoms with E-state index in [0.717, 1.165) is 37.4 Å². The zero-order valence-electron chi connectivity index (χ0n) is 11.4. The van der Waals surface area contributed by atoms with E-state index in [-0.39, 0.29) is 5.60 Å². The molecule has 98 valence electrons. The van der Waals surface area contributed by atoms with E-state index in [1.165, 1.54) is 32.1 Å². The fourth-order valence-electron chi connectivity index (χ4n) is 3.97. The van der Waals surface area contributed by atoms with Crippen LogP contribution in [-0.4, -0.2) is 34.7 Å². The standard InChI is InChI=1S/C15H27NO/c1-11-3-4-13(9-12(11)2)15(17)7-8-16(10-15)14-5-6-14/h11-14,17H,3-10H2,1-2H3. The first-order valence-corrected chi connectivity index (χ1v) is 7.55. The van der Waals surface area contributed by atoms with Crippen LogP contribution in [0.4, 0.5) is 0 Å². The van der Waals surface area contributed by atoms with Gasteiger partial charge in [-0.25, -0.2) is 0 Å². The highest BCUT2D eigenvalue weighted by atomic mass is 16.3. The lowest BCUT2D eigenvalue weighted by molar-refractivity contribution is -0.0385. The molecule has 1 aliphatic heterocycles. The molecule has 0 amide bonds. The van der Waals surface area contributed by atoms with Crippen LogP contribution in [0.25, 0.3) is 0 Å². The van der Waals surface area contributed by atoms with Gasteiger partial charge in [0.05, 0.1) is 5.60 Å². The van der Waals surface area contributed by atoms with Gasteiger partial charge in [0.1, 0.15) is 0 Å². The first-order valence-electron chi connectivity index (χ1n) is 7.55. The van der Waals surface area contributed by atoms with Crippen molar-refractivity contribution >= 4 is 0 Å². The van der Waals surface area contributed by atoms with Gasteiger partial charge in [-0.3, -0.25) is 4.90 Å². The first kappa shape index (κ1) is 12.0. The molecular formula is C15H27NO. The smallest absolute Gasteiger partial charge is 0.0814 e. The van der Waals surface area contributed by atoms with E-state index in [1.807, 2.05) is 0 Å². The fraction of sp³-hybridized carbons (Fsp3) is 1.00. The summed E-state index contributed by atoms with van der Waals surface area (Å²) >= 11 is 0. The molecule has 4 unspecified atom stereocenters. The van der Waals surface area contributed by atoms with Crippen molar-refractivity contribution < 1.29 is 5.11 Å². The molecule has 1 heterocycles. The van der Waals surface area contributed by atoms with Gasteiger partial charge in [0.2, 0.25) is 0 Å². The quantitative estimate of drug-likeness (QED) is 0.798. The van der Waals surface area contributed by atoms with Gasteiger partial charge in [0.25, 0.3) is 0 Å². The van der Waals surface area contributed by atoms with E-state index >= 15 is 0 Å². The van der Waals surface area contributed by atoms with Crippen LogP contribution in [0.2, 0.25) is 0 Å². The van der Waals surface area contributed by atoms with Crippen molar-refractivity contribution in [3.05, 3.63) is 0 Å². The molecule has 2 nitrogen and oxygen atoms in total. The van der Waals surface area contributed by atoms with Crippen LogP contribution < -0.4 is 0 Å². The Kier molecular flexibility index (Phi) is 2.99. The molecule has 0 radical (unpaired) electrons. The van der Waals surface area contributed by atoms with Crippen LogP contribution in [0, 0.1) is 17.8 Å². The molecule has 0 aromatic carbocycles. The zero-order chi connectivity index (χ0) is 12.0. The topological polar surface area (TPSA) is 23.5 Å². The summed E-state index contributed by atoms with van der Waals surface area (Å²) in [5.74, 6) is 2.22. The molecule has 1 saturated heterocycles. The summed E-state index contributed by atoms with van der Waals surface area (Å²) in [4.78, 5) is 2.54. The SMILES string of the molecule is CC1CCC(C2(O)CCN(C3CC3)C2)CC1C. The molecule has 3 fully saturated rings. The molecule has 4 atom stereocenters. The van der Waals surface area contributed by atoms with Crippen molar-refractivity contribution in [1.82, 2.24) is 4.90 Å². The summed E-state index contributed by atoms with van der Waals surface area (Å²) in [5.41, 5.74) is -0.350. The highest BCUT2D eigenvalue weighted by Crippen LogP contribution is 2.44. The molecule has 0 bridgehead atoms. The van der Waals surface area contributed by atoms with Crippen molar-refractivity contribution in [2.75, 3.05) is 13.1 Å². The van der Waals surface area contributed by atoms with Crippen molar-refractivity contribution in [2.24, 2.45) is 17.8 Å². The Labute approximate surface area is 105 Å². The Morgan fingerprint density at radius 3 is 2.47 bits per heavy atom. The van der Waals surface area contributed by atoms with E-state index in [0.29, 0.717) is 5.92 Å². The van der Waals surface area contributed by atoms with Gasteiger partial charge >= 0.3 is 0 Å². The van der Waals surface area contributed by atoms with Crippen LogP contribution in [0.15, 0.2) is 0 Å². The normalized spacial score (nSPS) is 48.5. The largest absolute Gasteiger partial charge is 0.388 e. The second-order valence-electron chi connectivity index (χ2n) is 7.02. The number of hydrogen-bond acceptors (Lipinski definition) is 2. The third kappa shape index (κ3) is 2.26. The molecule has 0 spiro atoms. The highest BCUT2D eigenvalue weighted by Gasteiger charge is 2.47. The molecule has 3 rings (SSSR count). The Hall–Kier alpha value is -0.0800. The summed E-state index contributed by atoms with van der Waals surface area (Å²) in [5, 5.41) is 10.9. The first-order chi connectivity index (χ1) is 8.08.